The van der Waals surface area contributed by atoms with Crippen LogP contribution in [0.1, 0.15) is 12.5 Å². The van der Waals surface area contributed by atoms with Gasteiger partial charge < -0.3 is 15.0 Å². The first-order chi connectivity index (χ1) is 10.2. The first-order valence-electron chi connectivity index (χ1n) is 7.69. The summed E-state index contributed by atoms with van der Waals surface area (Å²) in [5.41, 5.74) is 1.12. The lowest BCUT2D eigenvalue weighted by Gasteiger charge is -2.45. The molecule has 2 amide bonds. The summed E-state index contributed by atoms with van der Waals surface area (Å²) in [4.78, 5) is 16.6. The van der Waals surface area contributed by atoms with Crippen molar-refractivity contribution >= 4 is 6.03 Å². The van der Waals surface area contributed by atoms with E-state index in [4.69, 9.17) is 4.74 Å². The molecule has 1 N–H and O–H groups in total. The Bertz CT molecular complexity index is 466. The maximum atomic E-state index is 12.3. The molecule has 0 aromatic heterocycles. The lowest BCUT2D eigenvalue weighted by Crippen LogP contribution is -2.61. The molecule has 114 valence electrons. The van der Waals surface area contributed by atoms with Gasteiger partial charge in [-0.05, 0) is 12.1 Å². The van der Waals surface area contributed by atoms with Gasteiger partial charge in [-0.2, -0.15) is 0 Å². The number of benzene rings is 1. The number of fused-ring (bicyclic) bond motifs is 2. The fourth-order valence-electron chi connectivity index (χ4n) is 3.09. The normalized spacial score (nSPS) is 25.7. The van der Waals surface area contributed by atoms with Crippen LogP contribution in [0, 0.1) is 0 Å². The second-order valence-corrected chi connectivity index (χ2v) is 5.78. The molecular weight excluding hydrogens is 266 g/mol. The summed E-state index contributed by atoms with van der Waals surface area (Å²) in [6.45, 7) is 7.03. The fourth-order valence-corrected chi connectivity index (χ4v) is 3.09. The number of likely N-dealkylation sites (N-methyl/N-ethyl adjacent to an activating group) is 1. The molecule has 1 aromatic carbocycles. The lowest BCUT2D eigenvalue weighted by molar-refractivity contribution is -0.127. The van der Waals surface area contributed by atoms with Gasteiger partial charge in [0.1, 0.15) is 0 Å². The van der Waals surface area contributed by atoms with Gasteiger partial charge in [0, 0.05) is 32.7 Å². The molecule has 0 saturated carbocycles. The smallest absolute Gasteiger partial charge is 0.317 e. The number of morpholine rings is 2. The number of hydrogen-bond donors (Lipinski definition) is 1. The van der Waals surface area contributed by atoms with Gasteiger partial charge in [-0.25, -0.2) is 4.79 Å². The van der Waals surface area contributed by atoms with Crippen molar-refractivity contribution < 1.29 is 9.53 Å². The van der Waals surface area contributed by atoms with E-state index < -0.39 is 0 Å². The number of amides is 2. The van der Waals surface area contributed by atoms with Crippen LogP contribution in [-0.4, -0.2) is 60.8 Å². The van der Waals surface area contributed by atoms with Gasteiger partial charge in [0.15, 0.2) is 0 Å². The second-order valence-electron chi connectivity index (χ2n) is 5.78. The monoisotopic (exact) mass is 289 g/mol. The Kier molecular flexibility index (Phi) is 4.41. The van der Waals surface area contributed by atoms with E-state index in [0.29, 0.717) is 19.6 Å². The highest BCUT2D eigenvalue weighted by Crippen LogP contribution is 2.19. The summed E-state index contributed by atoms with van der Waals surface area (Å²) >= 11 is 0. The van der Waals surface area contributed by atoms with E-state index in [9.17, 15) is 4.79 Å². The van der Waals surface area contributed by atoms with Gasteiger partial charge in [-0.3, -0.25) is 4.90 Å². The molecule has 1 aromatic rings. The van der Waals surface area contributed by atoms with Crippen LogP contribution in [0.2, 0.25) is 0 Å². The van der Waals surface area contributed by atoms with E-state index >= 15 is 0 Å². The Morgan fingerprint density at radius 1 is 1.19 bits per heavy atom. The average Bonchev–Trinajstić information content (AvgIpc) is 2.52. The molecule has 2 fully saturated rings. The predicted molar refractivity (Wildman–Crippen MR) is 81.0 cm³/mol. The third-order valence-corrected chi connectivity index (χ3v) is 4.18. The molecule has 3 rings (SSSR count). The summed E-state index contributed by atoms with van der Waals surface area (Å²) in [5.74, 6) is 0. The van der Waals surface area contributed by atoms with Gasteiger partial charge in [0.05, 0.1) is 12.2 Å². The molecule has 2 bridgehead atoms. The SMILES string of the molecule is CCN1CC2CN(C(=O)NCc3ccccc3)CC(C1)O2. The molecule has 2 unspecified atom stereocenters. The Morgan fingerprint density at radius 2 is 1.86 bits per heavy atom. The third-order valence-electron chi connectivity index (χ3n) is 4.18. The Labute approximate surface area is 125 Å². The highest BCUT2D eigenvalue weighted by Gasteiger charge is 2.35. The maximum absolute atomic E-state index is 12.3. The maximum Gasteiger partial charge on any atom is 0.317 e. The van der Waals surface area contributed by atoms with Crippen LogP contribution in [0.5, 0.6) is 0 Å². The number of carbonyl (C=O) groups is 1. The molecule has 2 saturated heterocycles. The lowest BCUT2D eigenvalue weighted by atomic mass is 10.1. The first kappa shape index (κ1) is 14.4. The molecule has 2 heterocycles. The molecule has 21 heavy (non-hydrogen) atoms. The van der Waals surface area contributed by atoms with Gasteiger partial charge >= 0.3 is 6.03 Å². The largest absolute Gasteiger partial charge is 0.369 e. The van der Waals surface area contributed by atoms with E-state index in [0.717, 1.165) is 25.2 Å². The Hall–Kier alpha value is -1.59. The minimum Gasteiger partial charge on any atom is -0.369 e. The fraction of sp³-hybridized carbons (Fsp3) is 0.562. The highest BCUT2D eigenvalue weighted by atomic mass is 16.5. The third kappa shape index (κ3) is 3.54. The number of hydrogen-bond acceptors (Lipinski definition) is 3. The molecular formula is C16H23N3O2. The van der Waals surface area contributed by atoms with Crippen molar-refractivity contribution in [2.45, 2.75) is 25.7 Å². The van der Waals surface area contributed by atoms with Gasteiger partial charge in [0.2, 0.25) is 0 Å². The van der Waals surface area contributed by atoms with Crippen LogP contribution >= 0.6 is 0 Å². The van der Waals surface area contributed by atoms with Crippen molar-refractivity contribution in [3.63, 3.8) is 0 Å². The van der Waals surface area contributed by atoms with Crippen molar-refractivity contribution in [2.24, 2.45) is 0 Å². The average molecular weight is 289 g/mol. The van der Waals surface area contributed by atoms with E-state index in [1.165, 1.54) is 0 Å². The predicted octanol–water partition coefficient (Wildman–Crippen LogP) is 1.30. The number of nitrogens with zero attached hydrogens (tertiary/aromatic N) is 2. The number of urea groups is 1. The number of nitrogens with one attached hydrogen (secondary N) is 1. The van der Waals surface area contributed by atoms with Crippen molar-refractivity contribution in [2.75, 3.05) is 32.7 Å². The summed E-state index contributed by atoms with van der Waals surface area (Å²) in [7, 11) is 0. The topological polar surface area (TPSA) is 44.8 Å². The zero-order valence-corrected chi connectivity index (χ0v) is 12.5. The number of rotatable bonds is 3. The van der Waals surface area contributed by atoms with E-state index in [2.05, 4.69) is 17.1 Å². The van der Waals surface area contributed by atoms with Crippen LogP contribution in [0.4, 0.5) is 4.79 Å². The molecule has 5 nitrogen and oxygen atoms in total. The second kappa shape index (κ2) is 6.45. The van der Waals surface area contributed by atoms with Crippen molar-refractivity contribution in [3.8, 4) is 0 Å². The number of ether oxygens (including phenoxy) is 1. The summed E-state index contributed by atoms with van der Waals surface area (Å²) in [6.07, 6.45) is 0.305. The summed E-state index contributed by atoms with van der Waals surface area (Å²) in [6, 6.07) is 10.0. The zero-order valence-electron chi connectivity index (χ0n) is 12.5. The molecule has 0 aliphatic carbocycles. The summed E-state index contributed by atoms with van der Waals surface area (Å²) in [5, 5.41) is 3.00. The van der Waals surface area contributed by atoms with Crippen molar-refractivity contribution in [3.05, 3.63) is 35.9 Å². The quantitative estimate of drug-likeness (QED) is 0.912. The van der Waals surface area contributed by atoms with Crippen molar-refractivity contribution in [1.82, 2.24) is 15.1 Å². The zero-order chi connectivity index (χ0) is 14.7. The molecule has 0 radical (unpaired) electrons. The molecule has 2 atom stereocenters. The van der Waals surface area contributed by atoms with E-state index in [-0.39, 0.29) is 18.2 Å². The van der Waals surface area contributed by atoms with Crippen LogP contribution < -0.4 is 5.32 Å². The minimum atomic E-state index is 0.0158. The Morgan fingerprint density at radius 3 is 2.48 bits per heavy atom. The molecule has 2 aliphatic rings. The van der Waals surface area contributed by atoms with Crippen LogP contribution in [0.3, 0.4) is 0 Å². The minimum absolute atomic E-state index is 0.0158. The standard InChI is InChI=1S/C16H23N3O2/c1-2-18-9-14-11-19(12-15(10-18)21-14)16(20)17-8-13-6-4-3-5-7-13/h3-7,14-15H,2,8-12H2,1H3,(H,17,20). The molecule has 2 aliphatic heterocycles. The van der Waals surface area contributed by atoms with Gasteiger partial charge in [-0.15, -0.1) is 0 Å². The van der Waals surface area contributed by atoms with Crippen LogP contribution in [-0.2, 0) is 11.3 Å². The van der Waals surface area contributed by atoms with Gasteiger partial charge in [0.25, 0.3) is 0 Å². The summed E-state index contributed by atoms with van der Waals surface area (Å²) < 4.78 is 5.93. The first-order valence-corrected chi connectivity index (χ1v) is 7.69. The molecule has 5 heteroatoms. The van der Waals surface area contributed by atoms with E-state index in [1.807, 2.05) is 35.2 Å². The highest BCUT2D eigenvalue weighted by molar-refractivity contribution is 5.74. The van der Waals surface area contributed by atoms with Crippen LogP contribution in [0.25, 0.3) is 0 Å². The number of carbonyl (C=O) groups excluding carboxylic acids is 1. The van der Waals surface area contributed by atoms with E-state index in [1.54, 1.807) is 0 Å². The van der Waals surface area contributed by atoms with Crippen LogP contribution in [0.15, 0.2) is 30.3 Å². The molecule has 0 spiro atoms. The van der Waals surface area contributed by atoms with Gasteiger partial charge in [-0.1, -0.05) is 37.3 Å². The van der Waals surface area contributed by atoms with Crippen molar-refractivity contribution in [1.29, 1.82) is 0 Å². The Balaban J connectivity index is 1.52.